The molecular weight excluding hydrogens is 312 g/mol. The van der Waals surface area contributed by atoms with E-state index in [0.717, 1.165) is 0 Å². The molecule has 0 aliphatic carbocycles. The maximum absolute atomic E-state index is 12.2. The van der Waals surface area contributed by atoms with Gasteiger partial charge in [0.25, 0.3) is 5.91 Å². The molecule has 0 unspecified atom stereocenters. The molecule has 7 heteroatoms. The van der Waals surface area contributed by atoms with E-state index in [1.165, 1.54) is 41.4 Å². The van der Waals surface area contributed by atoms with Crippen LogP contribution in [0.15, 0.2) is 53.6 Å². The number of anilines is 1. The van der Waals surface area contributed by atoms with Crippen LogP contribution in [0.1, 0.15) is 32.7 Å². The average molecular weight is 324 g/mol. The molecule has 1 amide bonds. The molecule has 0 fully saturated rings. The summed E-state index contributed by atoms with van der Waals surface area (Å²) >= 11 is 0. The summed E-state index contributed by atoms with van der Waals surface area (Å²) in [4.78, 5) is 33.9. The second-order valence-corrected chi connectivity index (χ2v) is 5.16. The second-order valence-electron chi connectivity index (χ2n) is 5.16. The number of rotatable bonds is 4. The lowest BCUT2D eigenvalue weighted by Crippen LogP contribution is -2.19. The quantitative estimate of drug-likeness (QED) is 0.896. The van der Waals surface area contributed by atoms with Gasteiger partial charge >= 0.3 is 11.9 Å². The number of aromatic carboxylic acids is 2. The lowest BCUT2D eigenvalue weighted by Gasteiger charge is -2.11. The van der Waals surface area contributed by atoms with Crippen molar-refractivity contribution in [1.29, 1.82) is 0 Å². The predicted octanol–water partition coefficient (Wildman–Crippen LogP) is 2.22. The molecule has 2 aromatic rings. The summed E-state index contributed by atoms with van der Waals surface area (Å²) in [5.74, 6) is -2.31. The molecule has 3 rings (SSSR count). The van der Waals surface area contributed by atoms with Crippen molar-refractivity contribution in [3.05, 3.63) is 65.2 Å². The van der Waals surface area contributed by atoms with Gasteiger partial charge in [0.2, 0.25) is 0 Å². The van der Waals surface area contributed by atoms with Crippen LogP contribution >= 0.6 is 0 Å². The zero-order valence-corrected chi connectivity index (χ0v) is 12.3. The molecule has 2 aromatic carbocycles. The molecule has 120 valence electrons. The Labute approximate surface area is 136 Å². The molecule has 0 saturated carbocycles. The number of hydrogen-bond acceptors (Lipinski definition) is 4. The van der Waals surface area contributed by atoms with Crippen molar-refractivity contribution in [2.24, 2.45) is 5.10 Å². The third-order valence-corrected chi connectivity index (χ3v) is 3.60. The number of nitrogens with zero attached hydrogens (tertiary/aromatic N) is 2. The van der Waals surface area contributed by atoms with Gasteiger partial charge in [-0.25, -0.2) is 14.6 Å². The first kappa shape index (κ1) is 15.4. The van der Waals surface area contributed by atoms with Crippen molar-refractivity contribution in [2.75, 3.05) is 5.01 Å². The molecule has 1 heterocycles. The Morgan fingerprint density at radius 3 is 1.88 bits per heavy atom. The van der Waals surface area contributed by atoms with Gasteiger partial charge < -0.3 is 10.2 Å². The Hall–Kier alpha value is -3.48. The van der Waals surface area contributed by atoms with Crippen LogP contribution in [0.2, 0.25) is 0 Å². The lowest BCUT2D eigenvalue weighted by molar-refractivity contribution is -0.116. The van der Waals surface area contributed by atoms with E-state index in [0.29, 0.717) is 17.0 Å². The number of carboxylic acids is 2. The highest BCUT2D eigenvalue weighted by molar-refractivity contribution is 6.19. The molecule has 7 nitrogen and oxygen atoms in total. The van der Waals surface area contributed by atoms with Crippen molar-refractivity contribution in [3.63, 3.8) is 0 Å². The van der Waals surface area contributed by atoms with Crippen LogP contribution in [-0.2, 0) is 4.79 Å². The third kappa shape index (κ3) is 2.87. The monoisotopic (exact) mass is 324 g/mol. The zero-order valence-electron chi connectivity index (χ0n) is 12.3. The largest absolute Gasteiger partial charge is 0.478 e. The molecule has 0 radical (unpaired) electrons. The van der Waals surface area contributed by atoms with Gasteiger partial charge in [-0.15, -0.1) is 0 Å². The fourth-order valence-corrected chi connectivity index (χ4v) is 2.34. The number of carbonyl (C=O) groups is 3. The summed E-state index contributed by atoms with van der Waals surface area (Å²) in [5.41, 5.74) is 1.95. The van der Waals surface area contributed by atoms with Crippen LogP contribution in [0.3, 0.4) is 0 Å². The SMILES string of the molecule is O=C(O)c1ccc(C2=NN(c3ccc(C(=O)O)cc3)C(=O)C2)cc1. The van der Waals surface area contributed by atoms with E-state index in [-0.39, 0.29) is 23.5 Å². The Morgan fingerprint density at radius 1 is 0.875 bits per heavy atom. The summed E-state index contributed by atoms with van der Waals surface area (Å²) in [5, 5.41) is 23.3. The van der Waals surface area contributed by atoms with Gasteiger partial charge in [-0.05, 0) is 42.0 Å². The van der Waals surface area contributed by atoms with Gasteiger partial charge in [-0.1, -0.05) is 12.1 Å². The van der Waals surface area contributed by atoms with Crippen molar-refractivity contribution in [3.8, 4) is 0 Å². The Balaban J connectivity index is 1.87. The van der Waals surface area contributed by atoms with E-state index in [1.54, 1.807) is 12.1 Å². The van der Waals surface area contributed by atoms with Gasteiger partial charge in [0.05, 0.1) is 28.9 Å². The minimum Gasteiger partial charge on any atom is -0.478 e. The first-order valence-corrected chi connectivity index (χ1v) is 7.03. The van der Waals surface area contributed by atoms with Crippen LogP contribution in [0.25, 0.3) is 0 Å². The highest BCUT2D eigenvalue weighted by Gasteiger charge is 2.26. The highest BCUT2D eigenvalue weighted by Crippen LogP contribution is 2.23. The lowest BCUT2D eigenvalue weighted by atomic mass is 10.1. The average Bonchev–Trinajstić information content (AvgIpc) is 2.97. The number of hydrazone groups is 1. The number of benzene rings is 2. The van der Waals surface area contributed by atoms with Crippen molar-refractivity contribution >= 4 is 29.2 Å². The van der Waals surface area contributed by atoms with E-state index in [4.69, 9.17) is 10.2 Å². The fourth-order valence-electron chi connectivity index (χ4n) is 2.34. The van der Waals surface area contributed by atoms with Gasteiger partial charge in [0.15, 0.2) is 0 Å². The Kier molecular flexibility index (Phi) is 3.83. The van der Waals surface area contributed by atoms with Gasteiger partial charge in [-0.3, -0.25) is 4.79 Å². The molecule has 0 bridgehead atoms. The molecule has 2 N–H and O–H groups in total. The van der Waals surface area contributed by atoms with Crippen LogP contribution in [0, 0.1) is 0 Å². The van der Waals surface area contributed by atoms with Crippen LogP contribution in [-0.4, -0.2) is 33.8 Å². The number of carboxylic acid groups (broad SMARTS) is 2. The second kappa shape index (κ2) is 5.96. The van der Waals surface area contributed by atoms with Gasteiger partial charge in [0.1, 0.15) is 0 Å². The minimum atomic E-state index is -1.04. The molecule has 0 atom stereocenters. The van der Waals surface area contributed by atoms with E-state index in [2.05, 4.69) is 5.10 Å². The summed E-state index contributed by atoms with van der Waals surface area (Å²) in [6.45, 7) is 0. The van der Waals surface area contributed by atoms with Gasteiger partial charge in [0, 0.05) is 0 Å². The van der Waals surface area contributed by atoms with E-state index in [1.807, 2.05) is 0 Å². The minimum absolute atomic E-state index is 0.0904. The number of hydrogen-bond donors (Lipinski definition) is 2. The van der Waals surface area contributed by atoms with Crippen molar-refractivity contribution in [1.82, 2.24) is 0 Å². The van der Waals surface area contributed by atoms with Crippen molar-refractivity contribution in [2.45, 2.75) is 6.42 Å². The summed E-state index contributed by atoms with van der Waals surface area (Å²) in [6.07, 6.45) is 0.0904. The van der Waals surface area contributed by atoms with Crippen LogP contribution in [0.5, 0.6) is 0 Å². The zero-order chi connectivity index (χ0) is 17.3. The molecule has 0 saturated heterocycles. The molecule has 24 heavy (non-hydrogen) atoms. The van der Waals surface area contributed by atoms with Crippen LogP contribution < -0.4 is 5.01 Å². The number of amides is 1. The molecule has 0 spiro atoms. The maximum Gasteiger partial charge on any atom is 0.335 e. The van der Waals surface area contributed by atoms with E-state index < -0.39 is 11.9 Å². The Bertz CT molecular complexity index is 854. The molecule has 0 aromatic heterocycles. The predicted molar refractivity (Wildman–Crippen MR) is 85.4 cm³/mol. The normalized spacial score (nSPS) is 13.8. The van der Waals surface area contributed by atoms with E-state index in [9.17, 15) is 14.4 Å². The summed E-state index contributed by atoms with van der Waals surface area (Å²) in [6, 6.07) is 12.0. The third-order valence-electron chi connectivity index (χ3n) is 3.60. The summed E-state index contributed by atoms with van der Waals surface area (Å²) < 4.78 is 0. The fraction of sp³-hybridized carbons (Fsp3) is 0.0588. The standard InChI is InChI=1S/C17H12N2O5/c20-15-9-14(10-1-3-11(4-2-10)16(21)22)18-19(15)13-7-5-12(6-8-13)17(23)24/h1-8H,9H2,(H,21,22)(H,23,24). The summed E-state index contributed by atoms with van der Waals surface area (Å²) in [7, 11) is 0. The van der Waals surface area contributed by atoms with Gasteiger partial charge in [-0.2, -0.15) is 5.10 Å². The maximum atomic E-state index is 12.2. The van der Waals surface area contributed by atoms with Crippen molar-refractivity contribution < 1.29 is 24.6 Å². The van der Waals surface area contributed by atoms with Crippen LogP contribution in [0.4, 0.5) is 5.69 Å². The molecular formula is C17H12N2O5. The smallest absolute Gasteiger partial charge is 0.335 e. The first-order valence-electron chi connectivity index (χ1n) is 7.03. The van der Waals surface area contributed by atoms with E-state index >= 15 is 0 Å². The molecule has 1 aliphatic rings. The number of carbonyl (C=O) groups excluding carboxylic acids is 1. The topological polar surface area (TPSA) is 107 Å². The first-order chi connectivity index (χ1) is 11.5. The molecule has 1 aliphatic heterocycles. The Morgan fingerprint density at radius 2 is 1.38 bits per heavy atom. The highest BCUT2D eigenvalue weighted by atomic mass is 16.4.